The molecule has 0 radical (unpaired) electrons. The molecule has 3 rings (SSSR count). The number of aromatic nitrogens is 2. The lowest BCUT2D eigenvalue weighted by Gasteiger charge is -2.14. The topological polar surface area (TPSA) is 93.6 Å². The van der Waals surface area contributed by atoms with Gasteiger partial charge in [0.05, 0.1) is 29.3 Å². The number of nitrogens with zero attached hydrogens (tertiary/aromatic N) is 2. The predicted molar refractivity (Wildman–Crippen MR) is 118 cm³/mol. The lowest BCUT2D eigenvalue weighted by molar-refractivity contribution is -0.137. The molecule has 2 aromatic heterocycles. The minimum Gasteiger partial charge on any atom is -0.494 e. The Hall–Kier alpha value is -3.34. The molecule has 0 saturated carbocycles. The number of aromatic carboxylic acids is 1. The third-order valence-corrected chi connectivity index (χ3v) is 5.63. The first-order valence-corrected chi connectivity index (χ1v) is 10.9. The normalized spacial score (nSPS) is 11.3. The van der Waals surface area contributed by atoms with Gasteiger partial charge in [0.25, 0.3) is 0 Å². The highest BCUT2D eigenvalue weighted by Crippen LogP contribution is 2.36. The summed E-state index contributed by atoms with van der Waals surface area (Å²) in [5, 5.41) is 12.5. The van der Waals surface area contributed by atoms with Crippen LogP contribution in [0.25, 0.3) is 10.6 Å². The molecule has 0 aliphatic carbocycles. The van der Waals surface area contributed by atoms with Crippen molar-refractivity contribution < 1.29 is 32.5 Å². The quantitative estimate of drug-likeness (QED) is 0.402. The van der Waals surface area contributed by atoms with E-state index in [0.717, 1.165) is 23.5 Å². The molecule has 0 bridgehead atoms. The summed E-state index contributed by atoms with van der Waals surface area (Å²) in [6, 6.07) is 6.75. The highest BCUT2D eigenvalue weighted by molar-refractivity contribution is 7.17. The number of alkyl halides is 3. The second-order valence-corrected chi connectivity index (χ2v) is 7.81. The summed E-state index contributed by atoms with van der Waals surface area (Å²) in [6.45, 7) is 4.45. The van der Waals surface area contributed by atoms with Crippen molar-refractivity contribution in [3.8, 4) is 22.1 Å². The molecule has 11 heteroatoms. The molecule has 3 aromatic rings. The molecule has 176 valence electrons. The molecule has 0 fully saturated rings. The maximum atomic E-state index is 13.0. The van der Waals surface area contributed by atoms with Crippen molar-refractivity contribution in [3.05, 3.63) is 52.7 Å². The molecule has 1 aromatic carbocycles. The molecule has 7 nitrogen and oxygen atoms in total. The van der Waals surface area contributed by atoms with Gasteiger partial charge in [-0.05, 0) is 38.0 Å². The van der Waals surface area contributed by atoms with E-state index in [9.17, 15) is 23.1 Å². The molecular weight excluding hydrogens is 459 g/mol. The Bertz CT molecular complexity index is 1120. The number of anilines is 1. The Kier molecular flexibility index (Phi) is 7.75. The van der Waals surface area contributed by atoms with Gasteiger partial charge in [-0.1, -0.05) is 6.07 Å². The second-order valence-electron chi connectivity index (χ2n) is 6.76. The maximum Gasteiger partial charge on any atom is 0.416 e. The van der Waals surface area contributed by atoms with Gasteiger partial charge >= 0.3 is 12.1 Å². The van der Waals surface area contributed by atoms with Crippen LogP contribution in [-0.2, 0) is 12.6 Å². The Labute approximate surface area is 192 Å². The molecule has 0 spiro atoms. The number of ether oxygens (including phenoxy) is 2. The molecule has 0 atom stereocenters. The van der Waals surface area contributed by atoms with Crippen molar-refractivity contribution in [1.29, 1.82) is 0 Å². The average Bonchev–Trinajstić information content (AvgIpc) is 3.19. The summed E-state index contributed by atoms with van der Waals surface area (Å²) < 4.78 is 49.7. The minimum absolute atomic E-state index is 0.0886. The summed E-state index contributed by atoms with van der Waals surface area (Å²) in [4.78, 5) is 20.5. The van der Waals surface area contributed by atoms with Crippen LogP contribution >= 0.6 is 11.3 Å². The van der Waals surface area contributed by atoms with E-state index in [-0.39, 0.29) is 23.0 Å². The second kappa shape index (κ2) is 10.5. The summed E-state index contributed by atoms with van der Waals surface area (Å²) in [6.07, 6.45) is -2.68. The fourth-order valence-corrected chi connectivity index (χ4v) is 3.96. The van der Waals surface area contributed by atoms with Crippen molar-refractivity contribution in [1.82, 2.24) is 9.97 Å². The number of carboxylic acids is 1. The van der Waals surface area contributed by atoms with Crippen LogP contribution < -0.4 is 14.8 Å². The Morgan fingerprint density at radius 2 is 1.82 bits per heavy atom. The van der Waals surface area contributed by atoms with Crippen LogP contribution in [0.15, 0.2) is 36.7 Å². The molecule has 33 heavy (non-hydrogen) atoms. The smallest absolute Gasteiger partial charge is 0.416 e. The van der Waals surface area contributed by atoms with Crippen LogP contribution in [0, 0.1) is 0 Å². The van der Waals surface area contributed by atoms with Crippen LogP contribution in [0.1, 0.15) is 34.6 Å². The van der Waals surface area contributed by atoms with Crippen molar-refractivity contribution in [3.63, 3.8) is 0 Å². The third-order valence-electron chi connectivity index (χ3n) is 4.51. The van der Waals surface area contributed by atoms with Crippen LogP contribution in [0.4, 0.5) is 19.0 Å². The van der Waals surface area contributed by atoms with E-state index in [0.29, 0.717) is 41.5 Å². The van der Waals surface area contributed by atoms with Crippen LogP contribution in [0.2, 0.25) is 0 Å². The van der Waals surface area contributed by atoms with Gasteiger partial charge in [0.1, 0.15) is 23.6 Å². The summed E-state index contributed by atoms with van der Waals surface area (Å²) in [7, 11) is 0. The van der Waals surface area contributed by atoms with Crippen molar-refractivity contribution in [2.75, 3.05) is 25.1 Å². The number of rotatable bonds is 10. The van der Waals surface area contributed by atoms with Gasteiger partial charge in [-0.25, -0.2) is 14.8 Å². The first-order valence-electron chi connectivity index (χ1n) is 10.1. The zero-order valence-corrected chi connectivity index (χ0v) is 18.7. The molecule has 0 amide bonds. The van der Waals surface area contributed by atoms with E-state index in [1.54, 1.807) is 26.0 Å². The molecule has 2 heterocycles. The number of nitrogens with one attached hydrogen (secondary N) is 1. The standard InChI is InChI=1S/C22H22F3N3O4S/c1-3-31-16-9-14(22(23,24)25)6-5-13(16)7-8-26-19-10-15(27-12-28-19)18-11-17(32-4-2)20(33-18)21(29)30/h5-6,9-12H,3-4,7-8H2,1-2H3,(H,29,30)(H,26,27,28). The molecule has 0 saturated heterocycles. The Morgan fingerprint density at radius 3 is 2.48 bits per heavy atom. The largest absolute Gasteiger partial charge is 0.494 e. The zero-order chi connectivity index (χ0) is 24.0. The monoisotopic (exact) mass is 481 g/mol. The number of hydrogen-bond donors (Lipinski definition) is 2. The minimum atomic E-state index is -4.44. The molecule has 0 aliphatic rings. The summed E-state index contributed by atoms with van der Waals surface area (Å²) >= 11 is 1.05. The van der Waals surface area contributed by atoms with Crippen LogP contribution in [-0.4, -0.2) is 40.8 Å². The van der Waals surface area contributed by atoms with E-state index >= 15 is 0 Å². The highest BCUT2D eigenvalue weighted by atomic mass is 32.1. The third kappa shape index (κ3) is 6.13. The number of carbonyl (C=O) groups is 1. The number of hydrogen-bond acceptors (Lipinski definition) is 7. The van der Waals surface area contributed by atoms with Gasteiger partial charge in [0, 0.05) is 18.7 Å². The van der Waals surface area contributed by atoms with Gasteiger partial charge in [0.2, 0.25) is 0 Å². The molecular formula is C22H22F3N3O4S. The zero-order valence-electron chi connectivity index (χ0n) is 17.9. The predicted octanol–water partition coefficient (Wildman–Crippen LogP) is 5.37. The summed E-state index contributed by atoms with van der Waals surface area (Å²) in [5.74, 6) is -0.110. The SMILES string of the molecule is CCOc1cc(C(F)(F)F)ccc1CCNc1cc(-c2cc(OCC)c(C(=O)O)s2)ncn1. The van der Waals surface area contributed by atoms with Gasteiger partial charge in [-0.3, -0.25) is 0 Å². The van der Waals surface area contributed by atoms with Gasteiger partial charge in [0.15, 0.2) is 4.88 Å². The van der Waals surface area contributed by atoms with Gasteiger partial charge < -0.3 is 19.9 Å². The van der Waals surface area contributed by atoms with Crippen molar-refractivity contribution in [2.24, 2.45) is 0 Å². The fraction of sp³-hybridized carbons (Fsp3) is 0.318. The van der Waals surface area contributed by atoms with Crippen molar-refractivity contribution in [2.45, 2.75) is 26.4 Å². The fourth-order valence-electron chi connectivity index (χ4n) is 3.05. The van der Waals surface area contributed by atoms with E-state index < -0.39 is 17.7 Å². The number of halogens is 3. The van der Waals surface area contributed by atoms with E-state index in [1.807, 2.05) is 0 Å². The average molecular weight is 481 g/mol. The lowest BCUT2D eigenvalue weighted by atomic mass is 10.1. The summed E-state index contributed by atoms with van der Waals surface area (Å²) in [5.41, 5.74) is 0.402. The Balaban J connectivity index is 1.72. The van der Waals surface area contributed by atoms with Crippen LogP contribution in [0.5, 0.6) is 11.5 Å². The Morgan fingerprint density at radius 1 is 1.09 bits per heavy atom. The van der Waals surface area contributed by atoms with Crippen molar-refractivity contribution >= 4 is 23.1 Å². The highest BCUT2D eigenvalue weighted by Gasteiger charge is 2.31. The van der Waals surface area contributed by atoms with E-state index in [4.69, 9.17) is 9.47 Å². The van der Waals surface area contributed by atoms with Gasteiger partial charge in [-0.2, -0.15) is 13.2 Å². The van der Waals surface area contributed by atoms with E-state index in [2.05, 4.69) is 15.3 Å². The lowest BCUT2D eigenvalue weighted by Crippen LogP contribution is -2.10. The molecule has 0 aliphatic heterocycles. The maximum absolute atomic E-state index is 13.0. The van der Waals surface area contributed by atoms with E-state index in [1.165, 1.54) is 12.4 Å². The van der Waals surface area contributed by atoms with Crippen LogP contribution in [0.3, 0.4) is 0 Å². The molecule has 2 N–H and O–H groups in total. The molecule has 0 unspecified atom stereocenters. The first kappa shape index (κ1) is 24.3. The first-order chi connectivity index (χ1) is 15.7. The number of thiophene rings is 1. The number of carboxylic acid groups (broad SMARTS) is 1. The number of benzene rings is 1. The van der Waals surface area contributed by atoms with Gasteiger partial charge in [-0.15, -0.1) is 11.3 Å².